The lowest BCUT2D eigenvalue weighted by Gasteiger charge is -2.24. The molecule has 1 atom stereocenters. The van der Waals surface area contributed by atoms with Crippen molar-refractivity contribution in [1.82, 2.24) is 4.90 Å². The summed E-state index contributed by atoms with van der Waals surface area (Å²) in [6, 6.07) is 8.96. The van der Waals surface area contributed by atoms with Crippen LogP contribution in [0.1, 0.15) is 37.8 Å². The van der Waals surface area contributed by atoms with Gasteiger partial charge < -0.3 is 5.73 Å². The quantitative estimate of drug-likeness (QED) is 0.767. The Morgan fingerprint density at radius 3 is 3.07 bits per heavy atom. The van der Waals surface area contributed by atoms with Crippen molar-refractivity contribution in [3.63, 3.8) is 0 Å². The van der Waals surface area contributed by atoms with Crippen LogP contribution >= 0.6 is 0 Å². The van der Waals surface area contributed by atoms with Gasteiger partial charge in [0, 0.05) is 11.7 Å². The van der Waals surface area contributed by atoms with Crippen molar-refractivity contribution in [2.24, 2.45) is 0 Å². The molecule has 0 aromatic heterocycles. The normalized spacial score (nSPS) is 22.1. The molecule has 15 heavy (non-hydrogen) atoms. The van der Waals surface area contributed by atoms with Crippen LogP contribution in [0.15, 0.2) is 24.3 Å². The Labute approximate surface area is 92.1 Å². The molecule has 0 aliphatic carbocycles. The largest absolute Gasteiger partial charge is 0.399 e. The molecule has 2 N–H and O–H groups in total. The molecule has 1 fully saturated rings. The van der Waals surface area contributed by atoms with E-state index in [0.29, 0.717) is 6.04 Å². The maximum atomic E-state index is 5.83. The molecule has 2 nitrogen and oxygen atoms in total. The second-order valence-electron chi connectivity index (χ2n) is 4.36. The molecule has 1 aliphatic rings. The Balaban J connectivity index is 2.15. The average Bonchev–Trinajstić information content (AvgIpc) is 2.66. The number of anilines is 1. The number of nitrogens with zero attached hydrogens (tertiary/aromatic N) is 1. The first-order valence-electron chi connectivity index (χ1n) is 5.90. The molecule has 1 aromatic rings. The van der Waals surface area contributed by atoms with Gasteiger partial charge in [0.1, 0.15) is 0 Å². The zero-order valence-electron chi connectivity index (χ0n) is 9.45. The van der Waals surface area contributed by atoms with Crippen LogP contribution < -0.4 is 5.73 Å². The number of rotatable bonds is 3. The first kappa shape index (κ1) is 10.5. The van der Waals surface area contributed by atoms with E-state index in [1.54, 1.807) is 0 Å². The maximum Gasteiger partial charge on any atom is 0.0349 e. The van der Waals surface area contributed by atoms with Crippen molar-refractivity contribution in [3.8, 4) is 0 Å². The molecule has 1 aliphatic heterocycles. The van der Waals surface area contributed by atoms with Crippen LogP contribution in [0.3, 0.4) is 0 Å². The van der Waals surface area contributed by atoms with E-state index in [-0.39, 0.29) is 0 Å². The van der Waals surface area contributed by atoms with Crippen LogP contribution in [0, 0.1) is 0 Å². The second kappa shape index (κ2) is 4.67. The summed E-state index contributed by atoms with van der Waals surface area (Å²) in [6.07, 6.45) is 3.84. The predicted octanol–water partition coefficient (Wildman–Crippen LogP) is 2.82. The number of benzene rings is 1. The lowest BCUT2D eigenvalue weighted by atomic mass is 10.0. The summed E-state index contributed by atoms with van der Waals surface area (Å²) >= 11 is 0. The predicted molar refractivity (Wildman–Crippen MR) is 64.7 cm³/mol. The Bertz CT molecular complexity index is 322. The fourth-order valence-corrected chi connectivity index (χ4v) is 2.52. The van der Waals surface area contributed by atoms with Crippen molar-refractivity contribution in [2.45, 2.75) is 32.2 Å². The van der Waals surface area contributed by atoms with E-state index in [9.17, 15) is 0 Å². The van der Waals surface area contributed by atoms with Gasteiger partial charge in [0.05, 0.1) is 0 Å². The van der Waals surface area contributed by atoms with E-state index >= 15 is 0 Å². The van der Waals surface area contributed by atoms with E-state index in [1.165, 1.54) is 37.9 Å². The van der Waals surface area contributed by atoms with Crippen molar-refractivity contribution >= 4 is 5.69 Å². The van der Waals surface area contributed by atoms with E-state index < -0.39 is 0 Å². The van der Waals surface area contributed by atoms with Gasteiger partial charge in [-0.2, -0.15) is 0 Å². The lowest BCUT2D eigenvalue weighted by molar-refractivity contribution is 0.258. The summed E-state index contributed by atoms with van der Waals surface area (Å²) in [5.74, 6) is 0. The van der Waals surface area contributed by atoms with Gasteiger partial charge >= 0.3 is 0 Å². The molecular formula is C13H20N2. The van der Waals surface area contributed by atoms with Crippen molar-refractivity contribution in [2.75, 3.05) is 18.8 Å². The summed E-state index contributed by atoms with van der Waals surface area (Å²) in [6.45, 7) is 4.70. The molecule has 1 saturated heterocycles. The number of nitrogen functional groups attached to an aromatic ring is 1. The third kappa shape index (κ3) is 2.32. The minimum Gasteiger partial charge on any atom is -0.399 e. The number of nitrogens with two attached hydrogens (primary N) is 1. The Morgan fingerprint density at radius 1 is 1.47 bits per heavy atom. The molecule has 0 radical (unpaired) electrons. The van der Waals surface area contributed by atoms with Crippen LogP contribution in [-0.4, -0.2) is 18.0 Å². The summed E-state index contributed by atoms with van der Waals surface area (Å²) in [5, 5.41) is 0. The molecule has 1 unspecified atom stereocenters. The number of hydrogen-bond acceptors (Lipinski definition) is 2. The standard InChI is InChI=1S/C13H20N2/c1-2-8-15-9-4-7-13(15)11-5-3-6-12(14)10-11/h3,5-6,10,13H,2,4,7-9,14H2,1H3. The molecular weight excluding hydrogens is 184 g/mol. The van der Waals surface area contributed by atoms with Crippen LogP contribution in [0.25, 0.3) is 0 Å². The third-order valence-electron chi connectivity index (χ3n) is 3.17. The van der Waals surface area contributed by atoms with Gasteiger partial charge in [-0.1, -0.05) is 19.1 Å². The van der Waals surface area contributed by atoms with Gasteiger partial charge in [-0.05, 0) is 50.0 Å². The van der Waals surface area contributed by atoms with Gasteiger partial charge in [-0.3, -0.25) is 4.90 Å². The van der Waals surface area contributed by atoms with Gasteiger partial charge in [0.15, 0.2) is 0 Å². The molecule has 2 heteroatoms. The highest BCUT2D eigenvalue weighted by atomic mass is 15.2. The Kier molecular flexibility index (Phi) is 3.27. The van der Waals surface area contributed by atoms with Crippen LogP contribution in [-0.2, 0) is 0 Å². The summed E-state index contributed by atoms with van der Waals surface area (Å²) in [4.78, 5) is 2.58. The molecule has 1 heterocycles. The summed E-state index contributed by atoms with van der Waals surface area (Å²) < 4.78 is 0. The van der Waals surface area contributed by atoms with E-state index in [1.807, 2.05) is 6.07 Å². The average molecular weight is 204 g/mol. The van der Waals surface area contributed by atoms with Crippen molar-refractivity contribution in [1.29, 1.82) is 0 Å². The first-order chi connectivity index (χ1) is 7.31. The monoisotopic (exact) mass is 204 g/mol. The van der Waals surface area contributed by atoms with Gasteiger partial charge in [0.25, 0.3) is 0 Å². The van der Waals surface area contributed by atoms with E-state index in [0.717, 1.165) is 5.69 Å². The Morgan fingerprint density at radius 2 is 2.33 bits per heavy atom. The summed E-state index contributed by atoms with van der Waals surface area (Å²) in [5.41, 5.74) is 8.10. The Hall–Kier alpha value is -1.02. The zero-order chi connectivity index (χ0) is 10.7. The van der Waals surface area contributed by atoms with Gasteiger partial charge in [-0.25, -0.2) is 0 Å². The molecule has 0 bridgehead atoms. The molecule has 0 spiro atoms. The topological polar surface area (TPSA) is 29.3 Å². The highest BCUT2D eigenvalue weighted by Gasteiger charge is 2.24. The third-order valence-corrected chi connectivity index (χ3v) is 3.17. The minimum atomic E-state index is 0.605. The van der Waals surface area contributed by atoms with E-state index in [4.69, 9.17) is 5.73 Å². The fourth-order valence-electron chi connectivity index (χ4n) is 2.52. The fraction of sp³-hybridized carbons (Fsp3) is 0.538. The van der Waals surface area contributed by atoms with Crippen LogP contribution in [0.5, 0.6) is 0 Å². The van der Waals surface area contributed by atoms with Crippen molar-refractivity contribution in [3.05, 3.63) is 29.8 Å². The maximum absolute atomic E-state index is 5.83. The van der Waals surface area contributed by atoms with Crippen LogP contribution in [0.4, 0.5) is 5.69 Å². The van der Waals surface area contributed by atoms with E-state index in [2.05, 4.69) is 30.0 Å². The molecule has 82 valence electrons. The highest BCUT2D eigenvalue weighted by molar-refractivity contribution is 5.41. The smallest absolute Gasteiger partial charge is 0.0349 e. The second-order valence-corrected chi connectivity index (χ2v) is 4.36. The molecule has 0 amide bonds. The first-order valence-corrected chi connectivity index (χ1v) is 5.90. The summed E-state index contributed by atoms with van der Waals surface area (Å²) in [7, 11) is 0. The number of hydrogen-bond donors (Lipinski definition) is 1. The van der Waals surface area contributed by atoms with Crippen LogP contribution in [0.2, 0.25) is 0 Å². The highest BCUT2D eigenvalue weighted by Crippen LogP contribution is 2.32. The molecule has 0 saturated carbocycles. The zero-order valence-corrected chi connectivity index (χ0v) is 9.45. The molecule has 1 aromatic carbocycles. The SMILES string of the molecule is CCCN1CCCC1c1cccc(N)c1. The van der Waals surface area contributed by atoms with Gasteiger partial charge in [-0.15, -0.1) is 0 Å². The number of likely N-dealkylation sites (tertiary alicyclic amines) is 1. The van der Waals surface area contributed by atoms with Crippen molar-refractivity contribution < 1.29 is 0 Å². The molecule has 2 rings (SSSR count). The minimum absolute atomic E-state index is 0.605. The van der Waals surface area contributed by atoms with Gasteiger partial charge in [0.2, 0.25) is 0 Å². The lowest BCUT2D eigenvalue weighted by Crippen LogP contribution is -2.23.